The second-order valence-electron chi connectivity index (χ2n) is 7.22. The molecule has 2 aromatic heterocycles. The second-order valence-corrected chi connectivity index (χ2v) is 7.22. The molecule has 1 aliphatic heterocycles. The zero-order chi connectivity index (χ0) is 17.6. The largest absolute Gasteiger partial charge is 0.481 e. The number of nitrogens with zero attached hydrogens (tertiary/aromatic N) is 4. The van der Waals surface area contributed by atoms with Crippen molar-refractivity contribution in [1.29, 1.82) is 0 Å². The van der Waals surface area contributed by atoms with Gasteiger partial charge in [-0.3, -0.25) is 14.0 Å². The van der Waals surface area contributed by atoms with E-state index in [0.717, 1.165) is 29.9 Å². The van der Waals surface area contributed by atoms with Gasteiger partial charge in [0.05, 0.1) is 11.8 Å². The average molecular weight is 342 g/mol. The molecule has 1 amide bonds. The van der Waals surface area contributed by atoms with Crippen LogP contribution in [0.3, 0.4) is 0 Å². The summed E-state index contributed by atoms with van der Waals surface area (Å²) in [5.41, 5.74) is 2.01. The molecular formula is C18H22N4O3. The van der Waals surface area contributed by atoms with Crippen LogP contribution in [-0.4, -0.2) is 49.6 Å². The first-order valence-corrected chi connectivity index (χ1v) is 8.87. The summed E-state index contributed by atoms with van der Waals surface area (Å²) in [5, 5.41) is 17.8. The van der Waals surface area contributed by atoms with Crippen LogP contribution in [0.4, 0.5) is 0 Å². The highest BCUT2D eigenvalue weighted by atomic mass is 16.4. The lowest BCUT2D eigenvalue weighted by molar-refractivity contribution is -0.157. The minimum absolute atomic E-state index is 0.0128. The molecule has 0 unspecified atom stereocenters. The van der Waals surface area contributed by atoms with Gasteiger partial charge in [-0.05, 0) is 50.3 Å². The molecule has 2 aromatic rings. The van der Waals surface area contributed by atoms with Gasteiger partial charge in [0.25, 0.3) is 0 Å². The Morgan fingerprint density at radius 1 is 1.12 bits per heavy atom. The number of pyridine rings is 1. The number of fused-ring (bicyclic) bond motifs is 1. The van der Waals surface area contributed by atoms with E-state index in [1.54, 1.807) is 0 Å². The summed E-state index contributed by atoms with van der Waals surface area (Å²) in [6.45, 7) is 3.35. The van der Waals surface area contributed by atoms with Crippen LogP contribution < -0.4 is 0 Å². The zero-order valence-corrected chi connectivity index (χ0v) is 14.3. The molecule has 2 aliphatic rings. The predicted octanol–water partition coefficient (Wildman–Crippen LogP) is 1.85. The summed E-state index contributed by atoms with van der Waals surface area (Å²) < 4.78 is 2.03. The molecule has 1 saturated heterocycles. The molecule has 7 heteroatoms. The highest BCUT2D eigenvalue weighted by Crippen LogP contribution is 2.37. The van der Waals surface area contributed by atoms with E-state index in [1.165, 1.54) is 0 Å². The maximum absolute atomic E-state index is 12.6. The summed E-state index contributed by atoms with van der Waals surface area (Å²) >= 11 is 0. The molecule has 0 aromatic carbocycles. The number of hydrogen-bond acceptors (Lipinski definition) is 4. The number of rotatable bonds is 3. The summed E-state index contributed by atoms with van der Waals surface area (Å²) in [7, 11) is 0. The first-order chi connectivity index (χ1) is 12.0. The number of aliphatic carboxylic acids is 1. The number of carbonyl (C=O) groups excluding carboxylic acids is 1. The fraction of sp³-hybridized carbons (Fsp3) is 0.556. The van der Waals surface area contributed by atoms with Crippen LogP contribution in [-0.2, 0) is 9.59 Å². The Hall–Kier alpha value is -2.44. The average Bonchev–Trinajstić information content (AvgIpc) is 2.96. The third kappa shape index (κ3) is 2.77. The third-order valence-electron chi connectivity index (χ3n) is 5.67. The lowest BCUT2D eigenvalue weighted by Gasteiger charge is -2.39. The number of aryl methyl sites for hydroxylation is 1. The van der Waals surface area contributed by atoms with Gasteiger partial charge in [-0.1, -0.05) is 0 Å². The Bertz CT molecular complexity index is 823. The van der Waals surface area contributed by atoms with Gasteiger partial charge >= 0.3 is 5.97 Å². The topological polar surface area (TPSA) is 87.8 Å². The van der Waals surface area contributed by atoms with Gasteiger partial charge in [0.2, 0.25) is 5.91 Å². The van der Waals surface area contributed by atoms with Gasteiger partial charge in [0.1, 0.15) is 5.82 Å². The SMILES string of the molecule is Cc1ccn2c(C3CCN(C(=O)[C@@H]4CC[C@@H]4C(=O)O)CC3)nnc2c1. The number of aromatic nitrogens is 3. The second kappa shape index (κ2) is 6.13. The fourth-order valence-corrected chi connectivity index (χ4v) is 3.97. The molecule has 7 nitrogen and oxygen atoms in total. The van der Waals surface area contributed by atoms with Crippen LogP contribution in [0, 0.1) is 18.8 Å². The standard InChI is InChI=1S/C18H22N4O3/c1-11-4-9-22-15(10-11)19-20-16(22)12-5-7-21(8-6-12)17(23)13-2-3-14(13)18(24)25/h4,9-10,12-14H,2-3,5-8H2,1H3,(H,24,25)/t13-,14+/m1/s1. The molecule has 0 spiro atoms. The van der Waals surface area contributed by atoms with Crippen molar-refractivity contribution in [1.82, 2.24) is 19.5 Å². The van der Waals surface area contributed by atoms with E-state index in [4.69, 9.17) is 5.11 Å². The normalized spacial score (nSPS) is 24.3. The minimum atomic E-state index is -0.843. The first-order valence-electron chi connectivity index (χ1n) is 8.87. The summed E-state index contributed by atoms with van der Waals surface area (Å²) in [4.78, 5) is 25.6. The number of piperidine rings is 1. The van der Waals surface area contributed by atoms with Crippen LogP contribution in [0.15, 0.2) is 18.3 Å². The van der Waals surface area contributed by atoms with Crippen molar-refractivity contribution in [3.05, 3.63) is 29.7 Å². The summed E-state index contributed by atoms with van der Waals surface area (Å²) in [6, 6.07) is 4.05. The molecule has 4 rings (SSSR count). The Morgan fingerprint density at radius 2 is 1.84 bits per heavy atom. The van der Waals surface area contributed by atoms with E-state index < -0.39 is 11.9 Å². The van der Waals surface area contributed by atoms with E-state index in [9.17, 15) is 9.59 Å². The molecular weight excluding hydrogens is 320 g/mol. The Balaban J connectivity index is 1.43. The van der Waals surface area contributed by atoms with Crippen molar-refractivity contribution < 1.29 is 14.7 Å². The molecule has 2 atom stereocenters. The highest BCUT2D eigenvalue weighted by Gasteiger charge is 2.43. The van der Waals surface area contributed by atoms with Gasteiger partial charge in [-0.2, -0.15) is 0 Å². The van der Waals surface area contributed by atoms with E-state index in [1.807, 2.05) is 34.6 Å². The van der Waals surface area contributed by atoms with Crippen LogP contribution in [0.25, 0.3) is 5.65 Å². The number of amides is 1. The number of hydrogen-bond donors (Lipinski definition) is 1. The van der Waals surface area contributed by atoms with Gasteiger partial charge in [0.15, 0.2) is 5.65 Å². The molecule has 1 N–H and O–H groups in total. The smallest absolute Gasteiger partial charge is 0.307 e. The van der Waals surface area contributed by atoms with Crippen molar-refractivity contribution in [2.45, 2.75) is 38.5 Å². The number of carboxylic acid groups (broad SMARTS) is 1. The Labute approximate surface area is 145 Å². The van der Waals surface area contributed by atoms with Crippen molar-refractivity contribution in [3.8, 4) is 0 Å². The molecule has 1 saturated carbocycles. The van der Waals surface area contributed by atoms with E-state index in [2.05, 4.69) is 10.2 Å². The lowest BCUT2D eigenvalue weighted by atomic mass is 9.72. The first kappa shape index (κ1) is 16.1. The van der Waals surface area contributed by atoms with E-state index in [0.29, 0.717) is 25.9 Å². The molecule has 3 heterocycles. The molecule has 132 valence electrons. The quantitative estimate of drug-likeness (QED) is 0.920. The summed E-state index contributed by atoms with van der Waals surface area (Å²) in [5.74, 6) is -0.420. The number of carboxylic acids is 1. The van der Waals surface area contributed by atoms with Crippen molar-refractivity contribution in [2.75, 3.05) is 13.1 Å². The van der Waals surface area contributed by atoms with Crippen molar-refractivity contribution in [3.63, 3.8) is 0 Å². The van der Waals surface area contributed by atoms with Crippen molar-refractivity contribution >= 4 is 17.5 Å². The highest BCUT2D eigenvalue weighted by molar-refractivity contribution is 5.86. The number of likely N-dealkylation sites (tertiary alicyclic amines) is 1. The molecule has 1 aliphatic carbocycles. The maximum Gasteiger partial charge on any atom is 0.307 e. The van der Waals surface area contributed by atoms with Gasteiger partial charge in [-0.15, -0.1) is 10.2 Å². The van der Waals surface area contributed by atoms with E-state index in [-0.39, 0.29) is 17.7 Å². The third-order valence-corrected chi connectivity index (χ3v) is 5.67. The molecule has 2 fully saturated rings. The molecule has 25 heavy (non-hydrogen) atoms. The molecule has 0 bridgehead atoms. The van der Waals surface area contributed by atoms with Crippen LogP contribution in [0.1, 0.15) is 43.0 Å². The van der Waals surface area contributed by atoms with Gasteiger partial charge < -0.3 is 10.0 Å². The lowest BCUT2D eigenvalue weighted by Crippen LogP contribution is -2.48. The van der Waals surface area contributed by atoms with Crippen molar-refractivity contribution in [2.24, 2.45) is 11.8 Å². The Morgan fingerprint density at radius 3 is 2.48 bits per heavy atom. The maximum atomic E-state index is 12.6. The monoisotopic (exact) mass is 342 g/mol. The zero-order valence-electron chi connectivity index (χ0n) is 14.3. The van der Waals surface area contributed by atoms with Crippen LogP contribution in [0.2, 0.25) is 0 Å². The van der Waals surface area contributed by atoms with Gasteiger partial charge in [-0.25, -0.2) is 0 Å². The summed E-state index contributed by atoms with van der Waals surface area (Å²) in [6.07, 6.45) is 5.00. The van der Waals surface area contributed by atoms with E-state index >= 15 is 0 Å². The van der Waals surface area contributed by atoms with Gasteiger partial charge in [0, 0.05) is 25.2 Å². The molecule has 0 radical (unpaired) electrons. The fourth-order valence-electron chi connectivity index (χ4n) is 3.97. The Kier molecular flexibility index (Phi) is 3.94. The van der Waals surface area contributed by atoms with Crippen LogP contribution in [0.5, 0.6) is 0 Å². The minimum Gasteiger partial charge on any atom is -0.481 e. The predicted molar refractivity (Wildman–Crippen MR) is 90.1 cm³/mol. The van der Waals surface area contributed by atoms with Crippen LogP contribution >= 0.6 is 0 Å². The number of carbonyl (C=O) groups is 2.